The van der Waals surface area contributed by atoms with Crippen LogP contribution in [0.4, 0.5) is 0 Å². The number of rotatable bonds is 5. The molecule has 1 N–H and O–H groups in total. The summed E-state index contributed by atoms with van der Waals surface area (Å²) in [6.07, 6.45) is 11.5. The molecule has 4 aromatic heterocycles. The fraction of sp³-hybridized carbons (Fsp3) is 0.235. The van der Waals surface area contributed by atoms with Crippen molar-refractivity contribution >= 4 is 11.6 Å². The van der Waals surface area contributed by atoms with E-state index in [9.17, 15) is 4.79 Å². The molecule has 0 atom stereocenters. The lowest BCUT2D eigenvalue weighted by molar-refractivity contribution is 0.0690. The molecule has 9 nitrogen and oxygen atoms in total. The zero-order valence-electron chi connectivity index (χ0n) is 13.7. The number of aromatic carboxylic acids is 1. The summed E-state index contributed by atoms with van der Waals surface area (Å²) >= 11 is 0. The van der Waals surface area contributed by atoms with Crippen molar-refractivity contribution in [3.05, 3.63) is 60.1 Å². The summed E-state index contributed by atoms with van der Waals surface area (Å²) < 4.78 is 5.30. The fourth-order valence-electron chi connectivity index (χ4n) is 3.09. The summed E-state index contributed by atoms with van der Waals surface area (Å²) in [5.74, 6) is -0.491. The molecule has 0 radical (unpaired) electrons. The van der Waals surface area contributed by atoms with Crippen molar-refractivity contribution in [2.75, 3.05) is 0 Å². The van der Waals surface area contributed by atoms with Gasteiger partial charge in [0.1, 0.15) is 5.69 Å². The van der Waals surface area contributed by atoms with E-state index in [1.54, 1.807) is 6.20 Å². The Kier molecular flexibility index (Phi) is 3.14. The number of nitrogens with zero attached hydrogens (tertiary/aromatic N) is 7. The number of carboxylic acid groups (broad SMARTS) is 1. The van der Waals surface area contributed by atoms with Crippen LogP contribution in [-0.2, 0) is 6.54 Å². The summed E-state index contributed by atoms with van der Waals surface area (Å²) in [7, 11) is 0. The Morgan fingerprint density at radius 1 is 1.27 bits per heavy atom. The molecular formula is C17H15N7O2. The summed E-state index contributed by atoms with van der Waals surface area (Å²) in [5, 5.41) is 20.8. The molecule has 0 aromatic carbocycles. The Bertz CT molecular complexity index is 1110. The minimum atomic E-state index is -1.10. The quantitative estimate of drug-likeness (QED) is 0.589. The molecule has 4 heterocycles. The maximum Gasteiger partial charge on any atom is 0.358 e. The molecule has 0 saturated heterocycles. The second-order valence-electron chi connectivity index (χ2n) is 6.45. The second-order valence-corrected chi connectivity index (χ2v) is 6.45. The van der Waals surface area contributed by atoms with Crippen molar-refractivity contribution < 1.29 is 9.90 Å². The van der Waals surface area contributed by atoms with E-state index in [-0.39, 0.29) is 5.69 Å². The molecule has 0 spiro atoms. The van der Waals surface area contributed by atoms with E-state index in [4.69, 9.17) is 10.1 Å². The van der Waals surface area contributed by atoms with Crippen LogP contribution < -0.4 is 0 Å². The third kappa shape index (κ3) is 2.53. The van der Waals surface area contributed by atoms with E-state index in [1.807, 2.05) is 27.5 Å². The third-order valence-corrected chi connectivity index (χ3v) is 4.48. The lowest BCUT2D eigenvalue weighted by Crippen LogP contribution is -2.01. The van der Waals surface area contributed by atoms with Crippen LogP contribution in [0.1, 0.15) is 40.5 Å². The number of fused-ring (bicyclic) bond motifs is 1. The van der Waals surface area contributed by atoms with Crippen molar-refractivity contribution in [2.45, 2.75) is 25.3 Å². The van der Waals surface area contributed by atoms with Gasteiger partial charge in [-0.1, -0.05) is 5.21 Å². The number of carboxylic acids is 1. The van der Waals surface area contributed by atoms with Gasteiger partial charge in [0.15, 0.2) is 11.3 Å². The van der Waals surface area contributed by atoms with Crippen molar-refractivity contribution in [1.82, 2.24) is 34.2 Å². The molecule has 0 bridgehead atoms. The van der Waals surface area contributed by atoms with Crippen LogP contribution in [0.2, 0.25) is 0 Å². The van der Waals surface area contributed by atoms with Crippen LogP contribution in [0.15, 0.2) is 43.1 Å². The third-order valence-electron chi connectivity index (χ3n) is 4.48. The van der Waals surface area contributed by atoms with Gasteiger partial charge >= 0.3 is 5.97 Å². The van der Waals surface area contributed by atoms with Crippen LogP contribution in [0.25, 0.3) is 11.3 Å². The average Bonchev–Trinajstić information content (AvgIpc) is 3.03. The van der Waals surface area contributed by atoms with Crippen molar-refractivity contribution in [2.24, 2.45) is 0 Å². The standard InChI is InChI=1S/C17H15N7O2/c25-17(26)14-10-23(21-20-14)9-13-8-22-7-12(11-2-3-11)6-15(16(22)19-13)24-5-1-4-18-24/h1,4-8,10-11H,2-3,9H2,(H,25,26). The van der Waals surface area contributed by atoms with Crippen molar-refractivity contribution in [1.29, 1.82) is 0 Å². The molecule has 9 heteroatoms. The second kappa shape index (κ2) is 5.51. The highest BCUT2D eigenvalue weighted by Crippen LogP contribution is 2.41. The van der Waals surface area contributed by atoms with Gasteiger partial charge in [-0.2, -0.15) is 5.10 Å². The summed E-state index contributed by atoms with van der Waals surface area (Å²) in [6, 6.07) is 4.03. The van der Waals surface area contributed by atoms with Crippen LogP contribution in [0, 0.1) is 0 Å². The van der Waals surface area contributed by atoms with Gasteiger partial charge in [-0.3, -0.25) is 0 Å². The van der Waals surface area contributed by atoms with Gasteiger partial charge in [-0.05, 0) is 36.5 Å². The molecule has 1 saturated carbocycles. The van der Waals surface area contributed by atoms with E-state index in [0.717, 1.165) is 17.0 Å². The Morgan fingerprint density at radius 2 is 2.15 bits per heavy atom. The van der Waals surface area contributed by atoms with Gasteiger partial charge in [0.25, 0.3) is 0 Å². The predicted octanol–water partition coefficient (Wildman–Crippen LogP) is 1.74. The number of imidazole rings is 1. The summed E-state index contributed by atoms with van der Waals surface area (Å²) in [4.78, 5) is 15.7. The fourth-order valence-corrected chi connectivity index (χ4v) is 3.09. The number of hydrogen-bond acceptors (Lipinski definition) is 5. The highest BCUT2D eigenvalue weighted by molar-refractivity contribution is 5.84. The molecular weight excluding hydrogens is 334 g/mol. The SMILES string of the molecule is O=C(O)c1cn(Cc2cn3cc(C4CC4)cc(-n4cccn4)c3n2)nn1. The Balaban J connectivity index is 1.57. The Hall–Kier alpha value is -3.49. The first-order valence-electron chi connectivity index (χ1n) is 8.32. The number of carbonyl (C=O) groups is 1. The first-order chi connectivity index (χ1) is 12.7. The summed E-state index contributed by atoms with van der Waals surface area (Å²) in [5.41, 5.74) is 3.69. The number of hydrogen-bond donors (Lipinski definition) is 1. The Labute approximate surface area is 147 Å². The molecule has 1 fully saturated rings. The van der Waals surface area contributed by atoms with Gasteiger partial charge in [0, 0.05) is 24.8 Å². The average molecular weight is 349 g/mol. The smallest absolute Gasteiger partial charge is 0.358 e. The molecule has 130 valence electrons. The summed E-state index contributed by atoms with van der Waals surface area (Å²) in [6.45, 7) is 0.346. The molecule has 1 aliphatic rings. The van der Waals surface area contributed by atoms with Crippen molar-refractivity contribution in [3.8, 4) is 5.69 Å². The predicted molar refractivity (Wildman–Crippen MR) is 90.4 cm³/mol. The van der Waals surface area contributed by atoms with Crippen LogP contribution in [-0.4, -0.2) is 45.2 Å². The molecule has 0 aliphatic heterocycles. The topological polar surface area (TPSA) is 103 Å². The van der Waals surface area contributed by atoms with Gasteiger partial charge in [-0.15, -0.1) is 5.10 Å². The highest BCUT2D eigenvalue weighted by Gasteiger charge is 2.25. The van der Waals surface area contributed by atoms with E-state index in [1.165, 1.54) is 29.3 Å². The van der Waals surface area contributed by atoms with Crippen molar-refractivity contribution in [3.63, 3.8) is 0 Å². The van der Waals surface area contributed by atoms with Gasteiger partial charge in [0.05, 0.1) is 18.4 Å². The van der Waals surface area contributed by atoms with E-state index in [0.29, 0.717) is 12.5 Å². The normalized spacial score (nSPS) is 14.2. The van der Waals surface area contributed by atoms with Gasteiger partial charge in [0.2, 0.25) is 0 Å². The van der Waals surface area contributed by atoms with E-state index >= 15 is 0 Å². The highest BCUT2D eigenvalue weighted by atomic mass is 16.4. The zero-order chi connectivity index (χ0) is 17.7. The number of pyridine rings is 1. The minimum absolute atomic E-state index is 0.0815. The first-order valence-corrected chi connectivity index (χ1v) is 8.32. The molecule has 5 rings (SSSR count). The lowest BCUT2D eigenvalue weighted by atomic mass is 10.2. The molecule has 4 aromatic rings. The molecule has 26 heavy (non-hydrogen) atoms. The van der Waals surface area contributed by atoms with E-state index in [2.05, 4.69) is 27.7 Å². The monoisotopic (exact) mass is 349 g/mol. The maximum absolute atomic E-state index is 10.9. The van der Waals surface area contributed by atoms with Crippen LogP contribution in [0.3, 0.4) is 0 Å². The first kappa shape index (κ1) is 14.8. The van der Waals surface area contributed by atoms with Crippen LogP contribution >= 0.6 is 0 Å². The van der Waals surface area contributed by atoms with Gasteiger partial charge in [-0.25, -0.2) is 19.1 Å². The van der Waals surface area contributed by atoms with Gasteiger partial charge < -0.3 is 9.51 Å². The Morgan fingerprint density at radius 3 is 2.85 bits per heavy atom. The minimum Gasteiger partial charge on any atom is -0.476 e. The largest absolute Gasteiger partial charge is 0.476 e. The van der Waals surface area contributed by atoms with Crippen LogP contribution in [0.5, 0.6) is 0 Å². The molecule has 0 unspecified atom stereocenters. The number of aromatic nitrogens is 7. The lowest BCUT2D eigenvalue weighted by Gasteiger charge is -2.07. The zero-order valence-corrected chi connectivity index (χ0v) is 13.7. The molecule has 0 amide bonds. The maximum atomic E-state index is 10.9. The van der Waals surface area contributed by atoms with E-state index < -0.39 is 5.97 Å². The molecule has 1 aliphatic carbocycles.